The Labute approximate surface area is 567 Å². The first-order chi connectivity index (χ1) is 43.5. The molecular weight excluding hydrogens is 1230 g/mol. The fourth-order valence-electron chi connectivity index (χ4n) is 16.2. The molecule has 5 aliphatic carbocycles. The van der Waals surface area contributed by atoms with E-state index in [1.54, 1.807) is 0 Å². The van der Waals surface area contributed by atoms with Gasteiger partial charge in [0.15, 0.2) is 0 Å². The number of carbonyl (C=O) groups is 4. The molecule has 8 unspecified atom stereocenters. The first kappa shape index (κ1) is 76.8. The predicted molar refractivity (Wildman–Crippen MR) is 358 cm³/mol. The summed E-state index contributed by atoms with van der Waals surface area (Å²) in [7, 11) is 0. The molecule has 0 spiro atoms. The van der Waals surface area contributed by atoms with Gasteiger partial charge < -0.3 is 40.4 Å². The number of hydrogen-bond acceptors (Lipinski definition) is 15. The third kappa shape index (κ3) is 18.7. The van der Waals surface area contributed by atoms with Crippen LogP contribution in [0.25, 0.3) is 11.1 Å². The fourth-order valence-corrected chi connectivity index (χ4v) is 16.2. The van der Waals surface area contributed by atoms with Crippen molar-refractivity contribution in [3.8, 4) is 0 Å². The minimum Gasteiger partial charge on any atom is -0.458 e. The standard InChI is InChI=1S/C37H56N3O6.C36H56N4O6.Zn/c1-12-43-40-31-17-29(25(8)30(31)18-44-46-35-23(6)15-20(3)16-24(35)7)26(9)33-27(10)32(36(39-33)38-28(11)41)37(42)45-34-21(4)13-19(2)14-22(34)5;1-12-43-40-34-28(17-44-46-33-22(6)15-19(3)16-23(33)7)24(8)30(38-34)26(10)31-25(9)29(35(39-31)37-27(11)41)36(42)45-32-20(4)13-18(2)14-21(32)5;/h19-24,34-35,40H,12-16,18H2,1-11H3,(H2,38,39,41,42);18-23,32-33H,12-17H2,1-11H3,(H3,37,38,39,40,41,42);/q-1;;/p-2. The van der Waals surface area contributed by atoms with Crippen LogP contribution in [0.15, 0.2) is 44.3 Å². The van der Waals surface area contributed by atoms with Crippen LogP contribution in [0.5, 0.6) is 0 Å². The molecule has 0 aromatic carbocycles. The van der Waals surface area contributed by atoms with Crippen molar-refractivity contribution in [2.24, 2.45) is 76.0 Å². The van der Waals surface area contributed by atoms with E-state index in [0.29, 0.717) is 106 Å². The molecule has 1 aliphatic heterocycles. The van der Waals surface area contributed by atoms with Crippen LogP contribution in [0.4, 0.5) is 11.6 Å². The van der Waals surface area contributed by atoms with E-state index >= 15 is 0 Å². The topological polar surface area (TPSA) is 231 Å². The summed E-state index contributed by atoms with van der Waals surface area (Å²) in [6.45, 7) is 46.0. The smallest absolute Gasteiger partial charge is 0.342 e. The van der Waals surface area contributed by atoms with Gasteiger partial charge in [-0.3, -0.25) is 19.9 Å². The van der Waals surface area contributed by atoms with Crippen LogP contribution in [0.2, 0.25) is 0 Å². The average Bonchev–Trinajstić information content (AvgIpc) is 1.64. The van der Waals surface area contributed by atoms with Gasteiger partial charge in [0.2, 0.25) is 5.91 Å². The monoisotopic (exact) mass is 1340 g/mol. The van der Waals surface area contributed by atoms with E-state index in [1.807, 2.05) is 55.4 Å². The van der Waals surface area contributed by atoms with E-state index < -0.39 is 11.9 Å². The molecule has 0 bridgehead atoms. The third-order valence-electron chi connectivity index (χ3n) is 20.1. The summed E-state index contributed by atoms with van der Waals surface area (Å²) in [5.74, 6) is 4.58. The maximum atomic E-state index is 13.7. The summed E-state index contributed by atoms with van der Waals surface area (Å²) < 4.78 is 12.3. The number of aromatic nitrogens is 2. The number of ether oxygens (including phenoxy) is 2. The molecule has 19 nitrogen and oxygen atoms in total. The van der Waals surface area contributed by atoms with Crippen LogP contribution in [0.3, 0.4) is 0 Å². The molecule has 93 heavy (non-hydrogen) atoms. The number of amidine groups is 1. The van der Waals surface area contributed by atoms with Crippen molar-refractivity contribution in [3.05, 3.63) is 79.0 Å². The maximum Gasteiger partial charge on any atom is 0.342 e. The van der Waals surface area contributed by atoms with Crippen LogP contribution >= 0.6 is 0 Å². The minimum absolute atomic E-state index is 0. The summed E-state index contributed by atoms with van der Waals surface area (Å²) >= 11 is 0. The number of rotatable bonds is 21. The van der Waals surface area contributed by atoms with Gasteiger partial charge in [0.1, 0.15) is 36.1 Å². The van der Waals surface area contributed by atoms with Crippen molar-refractivity contribution < 1.29 is 77.4 Å². The second kappa shape index (κ2) is 34.1. The van der Waals surface area contributed by atoms with Crippen LogP contribution in [-0.2, 0) is 79.2 Å². The van der Waals surface area contributed by atoms with E-state index in [9.17, 15) is 19.2 Å². The van der Waals surface area contributed by atoms with Crippen LogP contribution in [0.1, 0.15) is 228 Å². The molecule has 8 rings (SSSR count). The Morgan fingerprint density at radius 1 is 0.516 bits per heavy atom. The number of aliphatic imine (C=N–C) groups is 1. The van der Waals surface area contributed by atoms with Gasteiger partial charge >= 0.3 is 11.9 Å². The summed E-state index contributed by atoms with van der Waals surface area (Å²) in [6.07, 6.45) is 11.6. The number of carbonyl (C=O) groups excluding carboxylic acids is 4. The van der Waals surface area contributed by atoms with Crippen molar-refractivity contribution in [3.63, 3.8) is 0 Å². The Kier molecular flexibility index (Phi) is 28.2. The van der Waals surface area contributed by atoms with E-state index in [0.717, 1.165) is 90.4 Å². The molecule has 0 saturated heterocycles. The molecule has 6 aliphatic rings. The average molecular weight is 1340 g/mol. The number of esters is 2. The molecular formula is C73H110N7O12Zn-3. The fraction of sp³-hybridized carbons (Fsp3) is 0.685. The van der Waals surface area contributed by atoms with Gasteiger partial charge in [0, 0.05) is 33.0 Å². The van der Waals surface area contributed by atoms with Gasteiger partial charge in [0.25, 0.3) is 0 Å². The number of hydrogen-bond donors (Lipinski definition) is 4. The first-order valence-electron chi connectivity index (χ1n) is 34.2. The zero-order valence-electron chi connectivity index (χ0n) is 60.2. The predicted octanol–water partition coefficient (Wildman–Crippen LogP) is 14.5. The Bertz CT molecular complexity index is 3120. The molecule has 4 fully saturated rings. The van der Waals surface area contributed by atoms with E-state index in [-0.39, 0.29) is 110 Å². The summed E-state index contributed by atoms with van der Waals surface area (Å²) in [6, 6.07) is 0. The Morgan fingerprint density at radius 2 is 0.935 bits per heavy atom. The molecule has 514 valence electrons. The molecule has 2 amide bonds. The summed E-state index contributed by atoms with van der Waals surface area (Å²) in [5.41, 5.74) is 16.2. The second-order valence-electron chi connectivity index (χ2n) is 28.7. The third-order valence-corrected chi connectivity index (χ3v) is 20.1. The number of anilines is 2. The summed E-state index contributed by atoms with van der Waals surface area (Å²) in [4.78, 5) is 101. The molecule has 20 heteroatoms. The number of nitrogens with one attached hydrogen (secondary N) is 4. The molecule has 4 saturated carbocycles. The van der Waals surface area contributed by atoms with Crippen molar-refractivity contribution in [1.82, 2.24) is 20.8 Å². The van der Waals surface area contributed by atoms with Crippen LogP contribution < -0.4 is 31.6 Å². The van der Waals surface area contributed by atoms with Gasteiger partial charge in [-0.05, 0) is 222 Å². The largest absolute Gasteiger partial charge is 0.458 e. The summed E-state index contributed by atoms with van der Waals surface area (Å²) in [5, 5.41) is 5.54. The molecule has 4 N–H and O–H groups in total. The molecule has 0 radical (unpaired) electrons. The Balaban J connectivity index is 0.000000292. The van der Waals surface area contributed by atoms with E-state index in [1.165, 1.54) is 13.8 Å². The van der Waals surface area contributed by atoms with E-state index in [2.05, 4.69) is 111 Å². The Morgan fingerprint density at radius 3 is 1.40 bits per heavy atom. The van der Waals surface area contributed by atoms with Crippen LogP contribution in [-0.4, -0.2) is 73.8 Å². The molecule has 2 aromatic rings. The maximum absolute atomic E-state index is 13.7. The molecule has 2 aromatic heterocycles. The van der Waals surface area contributed by atoms with Gasteiger partial charge in [-0.25, -0.2) is 34.1 Å². The Hall–Kier alpha value is -5.21. The second-order valence-corrected chi connectivity index (χ2v) is 28.7. The number of allylic oxidation sites excluding steroid dienone is 6. The van der Waals surface area contributed by atoms with Crippen molar-refractivity contribution in [2.45, 2.75) is 235 Å². The van der Waals surface area contributed by atoms with Crippen molar-refractivity contribution in [1.29, 1.82) is 0 Å². The van der Waals surface area contributed by atoms with E-state index in [4.69, 9.17) is 53.7 Å². The molecule has 3 heterocycles. The van der Waals surface area contributed by atoms with Crippen molar-refractivity contribution in [2.75, 3.05) is 30.6 Å². The normalized spacial score (nSPS) is 30.7. The first-order valence-corrected chi connectivity index (χ1v) is 34.2. The number of nitrogens with zero attached hydrogens (tertiary/aromatic N) is 3. The minimum atomic E-state index is -0.469. The van der Waals surface area contributed by atoms with Gasteiger partial charge in [-0.2, -0.15) is 11.1 Å². The van der Waals surface area contributed by atoms with Gasteiger partial charge in [-0.1, -0.05) is 103 Å². The number of hydroxylamine groups is 1. The molecule has 8 atom stereocenters. The zero-order valence-corrected chi connectivity index (χ0v) is 63.1. The SMILES string of the molecule is CCONC1=[C-]C(=C(C)c2[n-]c(NC(C)=O)c(C(=O)OC3C(C)CC(C)CC3C)c2C)C(C)=C1COOC1C(C)CC(C)CC1C.CCONc1[n-]c(C(C)=C2N=C(NC(C)=O)C(C(=O)OC3C(C)CC(C)CC3C)=C2C)c(C)c1COOC1C(C)CC(C)CC1C.[Zn]. The van der Waals surface area contributed by atoms with Gasteiger partial charge in [-0.15, -0.1) is 17.2 Å². The van der Waals surface area contributed by atoms with Crippen molar-refractivity contribution >= 4 is 52.4 Å². The zero-order chi connectivity index (χ0) is 67.7. The quantitative estimate of drug-likeness (QED) is 0.0299. The van der Waals surface area contributed by atoms with Gasteiger partial charge in [0.05, 0.1) is 36.7 Å². The van der Waals surface area contributed by atoms with Crippen LogP contribution in [0, 0.1) is 90.9 Å². The number of amides is 2.